The van der Waals surface area contributed by atoms with Crippen LogP contribution in [0.3, 0.4) is 0 Å². The van der Waals surface area contributed by atoms with E-state index in [4.69, 9.17) is 15.2 Å². The Kier molecular flexibility index (Phi) is 6.07. The molecule has 6 nitrogen and oxygen atoms in total. The summed E-state index contributed by atoms with van der Waals surface area (Å²) < 4.78 is 33.1. The molecule has 0 saturated heterocycles. The van der Waals surface area contributed by atoms with Gasteiger partial charge in [-0.15, -0.1) is 0 Å². The monoisotopic (exact) mass is 288 g/mol. The van der Waals surface area contributed by atoms with Crippen LogP contribution < -0.4 is 11.1 Å². The highest BCUT2D eigenvalue weighted by Gasteiger charge is 2.13. The largest absolute Gasteiger partial charge is 0.396 e. The molecular weight excluding hydrogens is 268 g/mol. The number of sulfone groups is 1. The number of hydrogen-bond acceptors (Lipinski definition) is 6. The summed E-state index contributed by atoms with van der Waals surface area (Å²) in [5.41, 5.74) is 6.66. The quantitative estimate of drug-likeness (QED) is 0.542. The molecule has 7 heteroatoms. The van der Waals surface area contributed by atoms with Gasteiger partial charge in [-0.2, -0.15) is 0 Å². The van der Waals surface area contributed by atoms with E-state index in [9.17, 15) is 8.42 Å². The molecule has 0 aliphatic rings. The average Bonchev–Trinajstić information content (AvgIpc) is 2.34. The van der Waals surface area contributed by atoms with Crippen molar-refractivity contribution >= 4 is 21.2 Å². The molecule has 0 aromatic heterocycles. The first-order valence-electron chi connectivity index (χ1n) is 5.86. The maximum absolute atomic E-state index is 11.5. The second-order valence-corrected chi connectivity index (χ2v) is 6.01. The predicted octanol–water partition coefficient (Wildman–Crippen LogP) is 0.747. The first-order valence-corrected chi connectivity index (χ1v) is 7.75. The number of nitrogen functional groups attached to an aromatic ring is 1. The van der Waals surface area contributed by atoms with Crippen molar-refractivity contribution in [3.8, 4) is 0 Å². The molecule has 1 aromatic rings. The molecule has 0 atom stereocenters. The van der Waals surface area contributed by atoms with E-state index in [2.05, 4.69) is 5.32 Å². The lowest BCUT2D eigenvalue weighted by molar-refractivity contribution is 0.0759. The van der Waals surface area contributed by atoms with E-state index in [0.717, 1.165) is 6.26 Å². The van der Waals surface area contributed by atoms with Gasteiger partial charge in [-0.3, -0.25) is 0 Å². The Morgan fingerprint density at radius 1 is 1.26 bits per heavy atom. The lowest BCUT2D eigenvalue weighted by Crippen LogP contribution is -2.13. The molecule has 0 saturated carbocycles. The van der Waals surface area contributed by atoms with Gasteiger partial charge in [0.05, 0.1) is 36.1 Å². The summed E-state index contributed by atoms with van der Waals surface area (Å²) in [6.07, 6.45) is 1.14. The fourth-order valence-electron chi connectivity index (χ4n) is 1.52. The molecule has 0 fully saturated rings. The minimum atomic E-state index is -3.31. The number of anilines is 2. The molecule has 0 unspecified atom stereocenters. The summed E-state index contributed by atoms with van der Waals surface area (Å²) in [4.78, 5) is 0.137. The number of nitrogens with one attached hydrogen (secondary N) is 1. The molecule has 3 N–H and O–H groups in total. The molecule has 0 spiro atoms. The Balaban J connectivity index is 2.56. The fraction of sp³-hybridized carbons (Fsp3) is 0.500. The van der Waals surface area contributed by atoms with Crippen LogP contribution in [0.1, 0.15) is 0 Å². The van der Waals surface area contributed by atoms with Crippen molar-refractivity contribution in [2.75, 3.05) is 50.8 Å². The van der Waals surface area contributed by atoms with Gasteiger partial charge in [-0.05, 0) is 12.1 Å². The van der Waals surface area contributed by atoms with Gasteiger partial charge >= 0.3 is 0 Å². The molecule has 0 amide bonds. The fourth-order valence-corrected chi connectivity index (χ4v) is 2.36. The Morgan fingerprint density at radius 3 is 2.63 bits per heavy atom. The standard InChI is InChI=1S/C12H20N2O4S/c1-17-8-9-18-7-6-14-10-4-3-5-11(12(10)13)19(2,15)16/h3-5,14H,6-9,13H2,1-2H3. The van der Waals surface area contributed by atoms with Crippen LogP contribution in [0, 0.1) is 0 Å². The summed E-state index contributed by atoms with van der Waals surface area (Å²) >= 11 is 0. The van der Waals surface area contributed by atoms with Gasteiger partial charge in [0, 0.05) is 19.9 Å². The third-order valence-electron chi connectivity index (χ3n) is 2.46. The average molecular weight is 288 g/mol. The van der Waals surface area contributed by atoms with Crippen LogP contribution in [-0.2, 0) is 19.3 Å². The van der Waals surface area contributed by atoms with Crippen LogP contribution in [0.15, 0.2) is 23.1 Å². The van der Waals surface area contributed by atoms with E-state index in [0.29, 0.717) is 32.1 Å². The van der Waals surface area contributed by atoms with Crippen LogP contribution >= 0.6 is 0 Å². The SMILES string of the molecule is COCCOCCNc1cccc(S(C)(=O)=O)c1N. The van der Waals surface area contributed by atoms with Gasteiger partial charge in [0.2, 0.25) is 0 Å². The Morgan fingerprint density at radius 2 is 2.00 bits per heavy atom. The molecule has 108 valence electrons. The van der Waals surface area contributed by atoms with Crippen LogP contribution in [0.5, 0.6) is 0 Å². The first kappa shape index (κ1) is 15.7. The lowest BCUT2D eigenvalue weighted by Gasteiger charge is -2.12. The van der Waals surface area contributed by atoms with E-state index < -0.39 is 9.84 Å². The molecule has 0 radical (unpaired) electrons. The van der Waals surface area contributed by atoms with E-state index in [1.165, 1.54) is 6.07 Å². The summed E-state index contributed by atoms with van der Waals surface area (Å²) in [6, 6.07) is 4.88. The van der Waals surface area contributed by atoms with Crippen molar-refractivity contribution in [2.45, 2.75) is 4.90 Å². The van der Waals surface area contributed by atoms with E-state index in [1.54, 1.807) is 19.2 Å². The minimum Gasteiger partial charge on any atom is -0.396 e. The molecule has 0 bridgehead atoms. The second kappa shape index (κ2) is 7.32. The summed E-state index contributed by atoms with van der Waals surface area (Å²) in [5.74, 6) is 0. The van der Waals surface area contributed by atoms with Crippen molar-refractivity contribution in [3.63, 3.8) is 0 Å². The highest BCUT2D eigenvalue weighted by Crippen LogP contribution is 2.26. The summed E-state index contributed by atoms with van der Waals surface area (Å²) in [7, 11) is -1.70. The number of benzene rings is 1. The second-order valence-electron chi connectivity index (χ2n) is 4.02. The molecule has 1 aromatic carbocycles. The maximum atomic E-state index is 11.5. The molecule has 0 aliphatic carbocycles. The molecule has 0 heterocycles. The van der Waals surface area contributed by atoms with Crippen molar-refractivity contribution < 1.29 is 17.9 Å². The van der Waals surface area contributed by atoms with Gasteiger partial charge in [0.15, 0.2) is 9.84 Å². The van der Waals surface area contributed by atoms with Gasteiger partial charge < -0.3 is 20.5 Å². The molecule has 1 rings (SSSR count). The Hall–Kier alpha value is -1.31. The summed E-state index contributed by atoms with van der Waals surface area (Å²) in [6.45, 7) is 2.11. The van der Waals surface area contributed by atoms with Crippen molar-refractivity contribution in [1.29, 1.82) is 0 Å². The topological polar surface area (TPSA) is 90.6 Å². The van der Waals surface area contributed by atoms with Gasteiger partial charge in [-0.25, -0.2) is 8.42 Å². The number of rotatable bonds is 8. The van der Waals surface area contributed by atoms with E-state index in [1.807, 2.05) is 0 Å². The number of para-hydroxylation sites is 1. The first-order chi connectivity index (χ1) is 8.96. The third kappa shape index (κ3) is 5.06. The van der Waals surface area contributed by atoms with Crippen molar-refractivity contribution in [3.05, 3.63) is 18.2 Å². The van der Waals surface area contributed by atoms with Crippen molar-refractivity contribution in [1.82, 2.24) is 0 Å². The minimum absolute atomic E-state index is 0.137. The Labute approximate surface area is 113 Å². The van der Waals surface area contributed by atoms with Gasteiger partial charge in [-0.1, -0.05) is 6.07 Å². The van der Waals surface area contributed by atoms with Crippen LogP contribution in [0.4, 0.5) is 11.4 Å². The van der Waals surface area contributed by atoms with Gasteiger partial charge in [0.1, 0.15) is 0 Å². The van der Waals surface area contributed by atoms with Gasteiger partial charge in [0.25, 0.3) is 0 Å². The maximum Gasteiger partial charge on any atom is 0.177 e. The lowest BCUT2D eigenvalue weighted by atomic mass is 10.2. The summed E-state index contributed by atoms with van der Waals surface area (Å²) in [5, 5.41) is 3.05. The third-order valence-corrected chi connectivity index (χ3v) is 3.61. The predicted molar refractivity (Wildman–Crippen MR) is 75.1 cm³/mol. The molecular formula is C12H20N2O4S. The number of hydrogen-bond donors (Lipinski definition) is 2. The highest BCUT2D eigenvalue weighted by atomic mass is 32.2. The zero-order valence-corrected chi connectivity index (χ0v) is 12.0. The number of nitrogens with two attached hydrogens (primary N) is 1. The zero-order chi connectivity index (χ0) is 14.3. The number of ether oxygens (including phenoxy) is 2. The molecule has 19 heavy (non-hydrogen) atoms. The van der Waals surface area contributed by atoms with E-state index in [-0.39, 0.29) is 10.6 Å². The smallest absolute Gasteiger partial charge is 0.177 e. The normalized spacial score (nSPS) is 11.5. The van der Waals surface area contributed by atoms with Crippen LogP contribution in [0.2, 0.25) is 0 Å². The number of methoxy groups -OCH3 is 1. The highest BCUT2D eigenvalue weighted by molar-refractivity contribution is 7.90. The zero-order valence-electron chi connectivity index (χ0n) is 11.2. The Bertz CT molecular complexity index is 502. The molecule has 0 aliphatic heterocycles. The van der Waals surface area contributed by atoms with Crippen molar-refractivity contribution in [2.24, 2.45) is 0 Å². The van der Waals surface area contributed by atoms with Crippen LogP contribution in [0.25, 0.3) is 0 Å². The van der Waals surface area contributed by atoms with E-state index >= 15 is 0 Å². The van der Waals surface area contributed by atoms with Crippen LogP contribution in [-0.4, -0.2) is 48.1 Å².